The van der Waals surface area contributed by atoms with Crippen LogP contribution in [0, 0.1) is 0 Å². The van der Waals surface area contributed by atoms with Crippen LogP contribution in [-0.4, -0.2) is 15.0 Å². The molecule has 0 aliphatic heterocycles. The Hall–Kier alpha value is -5.35. The number of rotatable bonds is 5. The molecule has 0 radical (unpaired) electrons. The summed E-state index contributed by atoms with van der Waals surface area (Å²) in [6, 6.07) is 47.0. The highest BCUT2D eigenvalue weighted by Crippen LogP contribution is 2.31. The van der Waals surface area contributed by atoms with E-state index in [1.807, 2.05) is 78.9 Å². The molecule has 5 aromatic carbocycles. The maximum absolute atomic E-state index is 6.03. The van der Waals surface area contributed by atoms with E-state index in [2.05, 4.69) is 60.7 Å². The molecule has 4 heteroatoms. The van der Waals surface area contributed by atoms with Crippen LogP contribution in [0.1, 0.15) is 0 Å². The number of nitrogens with zero attached hydrogens (tertiary/aromatic N) is 3. The van der Waals surface area contributed by atoms with Gasteiger partial charge in [-0.1, -0.05) is 103 Å². The first-order valence-corrected chi connectivity index (χ1v) is 12.9. The topological polar surface area (TPSA) is 51.8 Å². The first-order chi connectivity index (χ1) is 19.3. The van der Waals surface area contributed by atoms with E-state index in [4.69, 9.17) is 19.4 Å². The normalized spacial score (nSPS) is 11.1. The molecule has 0 amide bonds. The lowest BCUT2D eigenvalue weighted by Crippen LogP contribution is -1.96. The number of oxazole rings is 1. The first kappa shape index (κ1) is 22.8. The second kappa shape index (κ2) is 9.84. The minimum atomic E-state index is 0.606. The molecule has 0 aliphatic carbocycles. The van der Waals surface area contributed by atoms with Crippen molar-refractivity contribution in [2.45, 2.75) is 0 Å². The Balaban J connectivity index is 1.32. The Bertz CT molecular complexity index is 1880. The van der Waals surface area contributed by atoms with Gasteiger partial charge in [-0.25, -0.2) is 15.0 Å². The third kappa shape index (κ3) is 4.60. The summed E-state index contributed by atoms with van der Waals surface area (Å²) < 4.78 is 6.03. The fourth-order valence-electron chi connectivity index (χ4n) is 4.71. The third-order valence-electron chi connectivity index (χ3n) is 6.75. The van der Waals surface area contributed by atoms with Crippen molar-refractivity contribution < 1.29 is 4.42 Å². The van der Waals surface area contributed by atoms with E-state index in [1.165, 1.54) is 5.56 Å². The summed E-state index contributed by atoms with van der Waals surface area (Å²) >= 11 is 0. The van der Waals surface area contributed by atoms with Crippen LogP contribution in [0.2, 0.25) is 0 Å². The van der Waals surface area contributed by atoms with Gasteiger partial charge in [-0.3, -0.25) is 0 Å². The molecule has 0 aliphatic rings. The van der Waals surface area contributed by atoms with Gasteiger partial charge in [0, 0.05) is 22.3 Å². The second-order valence-corrected chi connectivity index (χ2v) is 9.34. The van der Waals surface area contributed by atoms with Crippen LogP contribution < -0.4 is 0 Å². The van der Waals surface area contributed by atoms with Crippen LogP contribution >= 0.6 is 0 Å². The van der Waals surface area contributed by atoms with Crippen molar-refractivity contribution in [1.29, 1.82) is 0 Å². The van der Waals surface area contributed by atoms with Crippen molar-refractivity contribution in [2.24, 2.45) is 0 Å². The molecule has 4 nitrogen and oxygen atoms in total. The Labute approximate surface area is 226 Å². The molecule has 2 aromatic heterocycles. The highest BCUT2D eigenvalue weighted by Gasteiger charge is 2.14. The van der Waals surface area contributed by atoms with E-state index in [1.54, 1.807) is 0 Å². The lowest BCUT2D eigenvalue weighted by molar-refractivity contribution is 0.620. The lowest BCUT2D eigenvalue weighted by atomic mass is 10.0. The molecule has 0 saturated heterocycles. The zero-order chi connectivity index (χ0) is 26.0. The molecule has 39 heavy (non-hydrogen) atoms. The summed E-state index contributed by atoms with van der Waals surface area (Å²) in [5.41, 5.74) is 9.47. The predicted octanol–water partition coefficient (Wildman–Crippen LogP) is 8.95. The van der Waals surface area contributed by atoms with Crippen molar-refractivity contribution in [2.75, 3.05) is 0 Å². The van der Waals surface area contributed by atoms with Crippen LogP contribution in [0.3, 0.4) is 0 Å². The highest BCUT2D eigenvalue weighted by molar-refractivity contribution is 5.83. The summed E-state index contributed by atoms with van der Waals surface area (Å²) in [6.07, 6.45) is 0. The first-order valence-electron chi connectivity index (χ1n) is 12.9. The Morgan fingerprint density at radius 1 is 0.385 bits per heavy atom. The van der Waals surface area contributed by atoms with Crippen LogP contribution in [0.15, 0.2) is 144 Å². The number of benzene rings is 5. The molecule has 0 atom stereocenters. The predicted molar refractivity (Wildman–Crippen MR) is 157 cm³/mol. The molecule has 0 spiro atoms. The van der Waals surface area contributed by atoms with Crippen LogP contribution in [-0.2, 0) is 0 Å². The minimum absolute atomic E-state index is 0.606. The maximum Gasteiger partial charge on any atom is 0.227 e. The fraction of sp³-hybridized carbons (Fsp3) is 0. The molecule has 7 rings (SSSR count). The highest BCUT2D eigenvalue weighted by atomic mass is 16.3. The van der Waals surface area contributed by atoms with E-state index < -0.39 is 0 Å². The van der Waals surface area contributed by atoms with Crippen LogP contribution in [0.5, 0.6) is 0 Å². The van der Waals surface area contributed by atoms with Gasteiger partial charge in [0.25, 0.3) is 0 Å². The zero-order valence-electron chi connectivity index (χ0n) is 21.0. The second-order valence-electron chi connectivity index (χ2n) is 9.34. The van der Waals surface area contributed by atoms with Gasteiger partial charge in [-0.2, -0.15) is 0 Å². The molecule has 7 aromatic rings. The molecule has 184 valence electrons. The molecule has 0 N–H and O–H groups in total. The van der Waals surface area contributed by atoms with Gasteiger partial charge in [-0.15, -0.1) is 0 Å². The summed E-state index contributed by atoms with van der Waals surface area (Å²) in [6.45, 7) is 0. The minimum Gasteiger partial charge on any atom is -0.436 e. The maximum atomic E-state index is 6.03. The largest absolute Gasteiger partial charge is 0.436 e. The van der Waals surface area contributed by atoms with Crippen molar-refractivity contribution in [3.63, 3.8) is 0 Å². The van der Waals surface area contributed by atoms with Crippen molar-refractivity contribution >= 4 is 11.1 Å². The number of fused-ring (bicyclic) bond motifs is 1. The van der Waals surface area contributed by atoms with Gasteiger partial charge in [-0.05, 0) is 47.5 Å². The van der Waals surface area contributed by atoms with E-state index >= 15 is 0 Å². The van der Waals surface area contributed by atoms with Crippen LogP contribution in [0.25, 0.3) is 67.6 Å². The summed E-state index contributed by atoms with van der Waals surface area (Å²) in [5.74, 6) is 1.28. The fourth-order valence-corrected chi connectivity index (χ4v) is 4.71. The number of hydrogen-bond acceptors (Lipinski definition) is 4. The Kier molecular flexibility index (Phi) is 5.76. The van der Waals surface area contributed by atoms with Gasteiger partial charge < -0.3 is 4.42 Å². The van der Waals surface area contributed by atoms with Crippen LogP contribution in [0.4, 0.5) is 0 Å². The molecule has 0 fully saturated rings. The van der Waals surface area contributed by atoms with Gasteiger partial charge in [0.05, 0.1) is 11.4 Å². The zero-order valence-corrected chi connectivity index (χ0v) is 21.0. The van der Waals surface area contributed by atoms with Gasteiger partial charge in [0.2, 0.25) is 5.89 Å². The van der Waals surface area contributed by atoms with Crippen molar-refractivity contribution in [1.82, 2.24) is 15.0 Å². The standard InChI is InChI=1S/C35H23N3O/c1-4-10-24(11-5-1)25-16-18-27(19-17-25)34-36-30(26-12-6-2-7-13-26)23-31(37-34)29-20-21-33-32(22-29)38-35(39-33)28-14-8-3-9-15-28/h1-23H. The third-order valence-corrected chi connectivity index (χ3v) is 6.75. The van der Waals surface area contributed by atoms with E-state index in [9.17, 15) is 0 Å². The monoisotopic (exact) mass is 501 g/mol. The summed E-state index contributed by atoms with van der Waals surface area (Å²) in [4.78, 5) is 14.7. The van der Waals surface area contributed by atoms with Crippen molar-refractivity contribution in [3.8, 4) is 56.5 Å². The summed E-state index contributed by atoms with van der Waals surface area (Å²) in [5, 5.41) is 0. The molecular formula is C35H23N3O. The quantitative estimate of drug-likeness (QED) is 0.236. The molecule has 0 bridgehead atoms. The SMILES string of the molecule is c1ccc(-c2ccc(-c3nc(-c4ccccc4)cc(-c4ccc5oc(-c6ccccc6)nc5c4)n3)cc2)cc1. The number of aromatic nitrogens is 3. The molecular weight excluding hydrogens is 478 g/mol. The average Bonchev–Trinajstić information content (AvgIpc) is 3.46. The van der Waals surface area contributed by atoms with Gasteiger partial charge in [0.1, 0.15) is 5.52 Å². The van der Waals surface area contributed by atoms with Gasteiger partial charge in [0.15, 0.2) is 11.4 Å². The molecule has 0 unspecified atom stereocenters. The Morgan fingerprint density at radius 2 is 0.897 bits per heavy atom. The average molecular weight is 502 g/mol. The molecule has 2 heterocycles. The molecule has 0 saturated carbocycles. The Morgan fingerprint density at radius 3 is 1.56 bits per heavy atom. The van der Waals surface area contributed by atoms with E-state index in [0.29, 0.717) is 11.7 Å². The smallest absolute Gasteiger partial charge is 0.227 e. The van der Waals surface area contributed by atoms with Crippen molar-refractivity contribution in [3.05, 3.63) is 140 Å². The van der Waals surface area contributed by atoms with E-state index in [0.717, 1.165) is 50.3 Å². The lowest BCUT2D eigenvalue weighted by Gasteiger charge is -2.10. The number of hydrogen-bond donors (Lipinski definition) is 0. The summed E-state index contributed by atoms with van der Waals surface area (Å²) in [7, 11) is 0. The van der Waals surface area contributed by atoms with Gasteiger partial charge >= 0.3 is 0 Å². The van der Waals surface area contributed by atoms with E-state index in [-0.39, 0.29) is 0 Å².